The van der Waals surface area contributed by atoms with Gasteiger partial charge in [0.2, 0.25) is 0 Å². The van der Waals surface area contributed by atoms with Crippen molar-refractivity contribution >= 4 is 9.24 Å². The molecule has 0 radical (unpaired) electrons. The number of aliphatic hydroxyl groups is 1. The van der Waals surface area contributed by atoms with E-state index in [1.807, 2.05) is 0 Å². The van der Waals surface area contributed by atoms with Gasteiger partial charge < -0.3 is 9.59 Å². The molecule has 3 heteroatoms. The van der Waals surface area contributed by atoms with Gasteiger partial charge in [-0.2, -0.15) is 0 Å². The summed E-state index contributed by atoms with van der Waals surface area (Å²) < 4.78 is 1.11. The number of rotatable bonds is 19. The first-order valence-corrected chi connectivity index (χ1v) is 14.0. The van der Waals surface area contributed by atoms with E-state index in [-0.39, 0.29) is 0 Å². The molecule has 1 atom stereocenters. The van der Waals surface area contributed by atoms with Gasteiger partial charge >= 0.3 is 0 Å². The molecule has 0 aliphatic carbocycles. The predicted molar refractivity (Wildman–Crippen MR) is 144 cm³/mol. The van der Waals surface area contributed by atoms with Crippen molar-refractivity contribution in [2.45, 2.75) is 110 Å². The maximum atomic E-state index is 8.05. The van der Waals surface area contributed by atoms with Gasteiger partial charge in [0.05, 0.1) is 20.6 Å². The highest BCUT2D eigenvalue weighted by molar-refractivity contribution is 7.16. The minimum atomic E-state index is 0.323. The SMILES string of the molecule is CCCCCCCCCCCCCCCC[N+](C)(C)Cc1ccccc1.OCCCP. The molecule has 2 nitrogen and oxygen atoms in total. The standard InChI is InChI=1S/C25H46N.C3H9OP/c1-4-5-6-7-8-9-10-11-12-13-14-15-16-20-23-26(2,3)24-25-21-18-17-19-22-25;4-2-1-3-5/h17-19,21-22H,4-16,20,23-24H2,1-3H3;4H,1-3,5H2/q+1;. The fraction of sp³-hybridized carbons (Fsp3) is 0.786. The van der Waals surface area contributed by atoms with Crippen LogP contribution >= 0.6 is 9.24 Å². The van der Waals surface area contributed by atoms with Crippen LogP contribution in [-0.2, 0) is 6.54 Å². The molecule has 1 N–H and O–H groups in total. The van der Waals surface area contributed by atoms with Gasteiger partial charge in [0.1, 0.15) is 6.54 Å². The zero-order valence-electron chi connectivity index (χ0n) is 21.3. The number of nitrogens with zero attached hydrogens (tertiary/aromatic N) is 1. The van der Waals surface area contributed by atoms with E-state index >= 15 is 0 Å². The summed E-state index contributed by atoms with van der Waals surface area (Å²) >= 11 is 0. The van der Waals surface area contributed by atoms with E-state index in [4.69, 9.17) is 5.11 Å². The second-order valence-corrected chi connectivity index (χ2v) is 10.3. The predicted octanol–water partition coefficient (Wildman–Crippen LogP) is 7.99. The van der Waals surface area contributed by atoms with E-state index in [2.05, 4.69) is 60.6 Å². The van der Waals surface area contributed by atoms with Crippen molar-refractivity contribution in [3.63, 3.8) is 0 Å². The van der Waals surface area contributed by atoms with Crippen LogP contribution in [0.1, 0.15) is 109 Å². The van der Waals surface area contributed by atoms with Crippen molar-refractivity contribution in [2.75, 3.05) is 33.4 Å². The molecule has 0 bridgehead atoms. The minimum absolute atomic E-state index is 0.323. The summed E-state index contributed by atoms with van der Waals surface area (Å²) in [6.07, 6.45) is 22.1. The lowest BCUT2D eigenvalue weighted by molar-refractivity contribution is -0.903. The number of hydrogen-bond acceptors (Lipinski definition) is 1. The van der Waals surface area contributed by atoms with Gasteiger partial charge in [-0.15, -0.1) is 9.24 Å². The largest absolute Gasteiger partial charge is 0.396 e. The third-order valence-corrected chi connectivity index (χ3v) is 6.34. The fourth-order valence-corrected chi connectivity index (χ4v) is 4.16. The quantitative estimate of drug-likeness (QED) is 0.128. The first-order valence-electron chi connectivity index (χ1n) is 13.2. The zero-order chi connectivity index (χ0) is 23.0. The highest BCUT2D eigenvalue weighted by Gasteiger charge is 2.14. The number of hydrogen-bond donors (Lipinski definition) is 1. The second-order valence-electron chi connectivity index (χ2n) is 9.77. The van der Waals surface area contributed by atoms with Crippen molar-refractivity contribution in [3.8, 4) is 0 Å². The molecule has 0 heterocycles. The van der Waals surface area contributed by atoms with Crippen LogP contribution in [0.3, 0.4) is 0 Å². The summed E-state index contributed by atoms with van der Waals surface area (Å²) in [5, 5.41) is 8.05. The van der Waals surface area contributed by atoms with E-state index in [1.165, 1.54) is 102 Å². The van der Waals surface area contributed by atoms with Crippen LogP contribution in [0.5, 0.6) is 0 Å². The zero-order valence-corrected chi connectivity index (χ0v) is 22.4. The lowest BCUT2D eigenvalue weighted by atomic mass is 10.0. The molecule has 0 aliphatic heterocycles. The Balaban J connectivity index is 0.00000161. The Morgan fingerprint density at radius 3 is 1.52 bits per heavy atom. The summed E-state index contributed by atoms with van der Waals surface area (Å²) in [6.45, 7) is 5.07. The molecule has 0 aliphatic rings. The molecule has 182 valence electrons. The first kappa shape index (κ1) is 30.6. The normalized spacial score (nSPS) is 11.3. The molecular formula is C28H55NOP+. The molecule has 1 aromatic rings. The van der Waals surface area contributed by atoms with Crippen LogP contribution in [0.4, 0.5) is 0 Å². The lowest BCUT2D eigenvalue weighted by Crippen LogP contribution is -2.39. The monoisotopic (exact) mass is 452 g/mol. The highest BCUT2D eigenvalue weighted by atomic mass is 31.0. The van der Waals surface area contributed by atoms with E-state index in [0.717, 1.165) is 23.6 Å². The summed E-state index contributed by atoms with van der Waals surface area (Å²) in [5.74, 6) is 0. The molecule has 0 amide bonds. The van der Waals surface area contributed by atoms with Crippen LogP contribution in [0, 0.1) is 0 Å². The molecule has 0 saturated heterocycles. The number of benzene rings is 1. The van der Waals surface area contributed by atoms with Crippen LogP contribution in [-0.4, -0.2) is 43.0 Å². The third kappa shape index (κ3) is 22.6. The summed E-state index contributed by atoms with van der Waals surface area (Å²) in [6, 6.07) is 10.9. The average molecular weight is 453 g/mol. The van der Waals surface area contributed by atoms with Gasteiger partial charge in [0.15, 0.2) is 0 Å². The van der Waals surface area contributed by atoms with Crippen molar-refractivity contribution in [3.05, 3.63) is 35.9 Å². The Morgan fingerprint density at radius 1 is 0.677 bits per heavy atom. The van der Waals surface area contributed by atoms with Gasteiger partial charge in [-0.3, -0.25) is 0 Å². The maximum absolute atomic E-state index is 8.05. The van der Waals surface area contributed by atoms with Crippen molar-refractivity contribution < 1.29 is 9.59 Å². The van der Waals surface area contributed by atoms with E-state index in [1.54, 1.807) is 0 Å². The summed E-state index contributed by atoms with van der Waals surface area (Å²) in [4.78, 5) is 0. The molecule has 1 rings (SSSR count). The molecule has 0 spiro atoms. The Labute approximate surface area is 198 Å². The van der Waals surface area contributed by atoms with Gasteiger partial charge in [0.25, 0.3) is 0 Å². The Kier molecular flexibility index (Phi) is 22.4. The second kappa shape index (κ2) is 22.8. The van der Waals surface area contributed by atoms with E-state index < -0.39 is 0 Å². The fourth-order valence-electron chi connectivity index (χ4n) is 3.98. The first-order chi connectivity index (χ1) is 15.1. The summed E-state index contributed by atoms with van der Waals surface area (Å²) in [7, 11) is 7.28. The Bertz CT molecular complexity index is 461. The van der Waals surface area contributed by atoms with Crippen LogP contribution in [0.15, 0.2) is 30.3 Å². The highest BCUT2D eigenvalue weighted by Crippen LogP contribution is 2.15. The Hall–Kier alpha value is -0.430. The van der Waals surface area contributed by atoms with Gasteiger partial charge in [0, 0.05) is 12.2 Å². The summed E-state index contributed by atoms with van der Waals surface area (Å²) in [5.41, 5.74) is 1.46. The van der Waals surface area contributed by atoms with Crippen LogP contribution in [0.2, 0.25) is 0 Å². The lowest BCUT2D eigenvalue weighted by Gasteiger charge is -2.30. The van der Waals surface area contributed by atoms with E-state index in [0.29, 0.717) is 6.61 Å². The van der Waals surface area contributed by atoms with Crippen LogP contribution < -0.4 is 0 Å². The third-order valence-electron chi connectivity index (χ3n) is 5.93. The van der Waals surface area contributed by atoms with E-state index in [9.17, 15) is 0 Å². The molecular weight excluding hydrogens is 397 g/mol. The van der Waals surface area contributed by atoms with Crippen molar-refractivity contribution in [1.29, 1.82) is 0 Å². The maximum Gasteiger partial charge on any atom is 0.104 e. The minimum Gasteiger partial charge on any atom is -0.396 e. The van der Waals surface area contributed by atoms with Gasteiger partial charge in [-0.05, 0) is 25.4 Å². The van der Waals surface area contributed by atoms with Crippen molar-refractivity contribution in [1.82, 2.24) is 0 Å². The van der Waals surface area contributed by atoms with Crippen molar-refractivity contribution in [2.24, 2.45) is 0 Å². The molecule has 0 fully saturated rings. The smallest absolute Gasteiger partial charge is 0.104 e. The average Bonchev–Trinajstić information content (AvgIpc) is 2.75. The Morgan fingerprint density at radius 2 is 1.13 bits per heavy atom. The number of unbranched alkanes of at least 4 members (excludes halogenated alkanes) is 13. The van der Waals surface area contributed by atoms with Gasteiger partial charge in [-0.25, -0.2) is 0 Å². The van der Waals surface area contributed by atoms with Crippen LogP contribution in [0.25, 0.3) is 0 Å². The molecule has 0 aromatic heterocycles. The number of quaternary nitrogens is 1. The molecule has 1 aromatic carbocycles. The molecule has 31 heavy (non-hydrogen) atoms. The molecule has 1 unspecified atom stereocenters. The van der Waals surface area contributed by atoms with Gasteiger partial charge in [-0.1, -0.05) is 114 Å². The topological polar surface area (TPSA) is 20.2 Å². The number of aliphatic hydroxyl groups excluding tert-OH is 1. The molecule has 0 saturated carbocycles.